The highest BCUT2D eigenvalue weighted by Crippen LogP contribution is 2.34. The van der Waals surface area contributed by atoms with Gasteiger partial charge in [0.05, 0.1) is 20.2 Å². The van der Waals surface area contributed by atoms with E-state index in [-0.39, 0.29) is 45.1 Å². The molecule has 0 saturated carbocycles. The van der Waals surface area contributed by atoms with Crippen LogP contribution in [0.3, 0.4) is 0 Å². The molecule has 2 aromatic carbocycles. The van der Waals surface area contributed by atoms with Crippen LogP contribution in [0, 0.1) is 5.82 Å². The maximum Gasteiger partial charge on any atom is 0.264 e. The monoisotopic (exact) mass is 491 g/mol. The smallest absolute Gasteiger partial charge is 0.264 e. The highest BCUT2D eigenvalue weighted by Gasteiger charge is 2.27. The van der Waals surface area contributed by atoms with Gasteiger partial charge in [0.1, 0.15) is 11.3 Å². The number of halogens is 3. The molecule has 3 aromatic rings. The third-order valence-corrected chi connectivity index (χ3v) is 6.68. The van der Waals surface area contributed by atoms with Crippen molar-refractivity contribution < 1.29 is 17.6 Å². The van der Waals surface area contributed by atoms with Crippen LogP contribution in [-0.4, -0.2) is 57.6 Å². The zero-order valence-electron chi connectivity index (χ0n) is 16.4. The average Bonchev–Trinajstić information content (AvgIpc) is 3.04. The molecular formula is C19H20Cl2FN3O3S2. The first-order valence-electron chi connectivity index (χ1n) is 8.60. The quantitative estimate of drug-likeness (QED) is 0.518. The van der Waals surface area contributed by atoms with E-state index in [0.29, 0.717) is 11.2 Å². The van der Waals surface area contributed by atoms with Crippen LogP contribution in [0.25, 0.3) is 10.2 Å². The van der Waals surface area contributed by atoms with Gasteiger partial charge in [-0.2, -0.15) is 0 Å². The second-order valence-corrected chi connectivity index (χ2v) is 10.1. The van der Waals surface area contributed by atoms with Crippen molar-refractivity contribution in [1.82, 2.24) is 9.88 Å². The van der Waals surface area contributed by atoms with Crippen LogP contribution in [0.1, 0.15) is 10.4 Å². The van der Waals surface area contributed by atoms with Crippen molar-refractivity contribution in [3.63, 3.8) is 0 Å². The molecule has 1 aromatic heterocycles. The molecule has 0 aliphatic rings. The first-order valence-corrected chi connectivity index (χ1v) is 11.7. The molecule has 1 heterocycles. The summed E-state index contributed by atoms with van der Waals surface area (Å²) in [5.74, 6) is -1.36. The van der Waals surface area contributed by atoms with Crippen LogP contribution in [0.4, 0.5) is 9.52 Å². The molecule has 3 rings (SSSR count). The maximum atomic E-state index is 14.4. The fraction of sp³-hybridized carbons (Fsp3) is 0.263. The Balaban J connectivity index is 0.00000320. The number of benzene rings is 2. The summed E-state index contributed by atoms with van der Waals surface area (Å²) < 4.78 is 39.2. The maximum absolute atomic E-state index is 14.4. The zero-order valence-corrected chi connectivity index (χ0v) is 19.6. The van der Waals surface area contributed by atoms with Gasteiger partial charge in [-0.1, -0.05) is 35.1 Å². The lowest BCUT2D eigenvalue weighted by Crippen LogP contribution is -2.37. The number of rotatable bonds is 6. The summed E-state index contributed by atoms with van der Waals surface area (Å²) >= 11 is 7.26. The van der Waals surface area contributed by atoms with Gasteiger partial charge in [-0.15, -0.1) is 12.4 Å². The van der Waals surface area contributed by atoms with E-state index in [9.17, 15) is 17.6 Å². The summed E-state index contributed by atoms with van der Waals surface area (Å²) in [6, 6.07) is 8.87. The number of thiazole rings is 1. The van der Waals surface area contributed by atoms with Crippen molar-refractivity contribution in [2.75, 3.05) is 38.3 Å². The van der Waals surface area contributed by atoms with Gasteiger partial charge in [-0.25, -0.2) is 17.8 Å². The molecule has 0 fully saturated rings. The summed E-state index contributed by atoms with van der Waals surface area (Å²) in [6.45, 7) is 0.719. The van der Waals surface area contributed by atoms with Crippen molar-refractivity contribution >= 4 is 66.4 Å². The molecule has 0 aliphatic carbocycles. The van der Waals surface area contributed by atoms with Crippen molar-refractivity contribution in [3.05, 3.63) is 52.8 Å². The molecule has 0 spiro atoms. The zero-order chi connectivity index (χ0) is 21.3. The predicted molar refractivity (Wildman–Crippen MR) is 122 cm³/mol. The summed E-state index contributed by atoms with van der Waals surface area (Å²) in [6.07, 6.45) is 1.11. The Bertz CT molecular complexity index is 1160. The number of carbonyl (C=O) groups excluding carboxylic acids is 1. The SMILES string of the molecule is CN(C)CCN(C(=O)c1c(F)cccc1Cl)c1nc2c(S(C)(=O)=O)cccc2s1.Cl. The predicted octanol–water partition coefficient (Wildman–Crippen LogP) is 4.12. The fourth-order valence-corrected chi connectivity index (χ4v) is 4.91. The number of nitrogens with zero attached hydrogens (tertiary/aromatic N) is 3. The normalized spacial score (nSPS) is 11.5. The van der Waals surface area contributed by atoms with Crippen LogP contribution in [0.2, 0.25) is 5.02 Å². The molecule has 1 amide bonds. The Morgan fingerprint density at radius 1 is 1.17 bits per heavy atom. The molecule has 0 saturated heterocycles. The topological polar surface area (TPSA) is 70.6 Å². The lowest BCUT2D eigenvalue weighted by Gasteiger charge is -2.22. The Hall–Kier alpha value is -1.78. The minimum Gasteiger partial charge on any atom is -0.308 e. The molecule has 11 heteroatoms. The number of hydrogen-bond donors (Lipinski definition) is 0. The van der Waals surface area contributed by atoms with Gasteiger partial charge < -0.3 is 4.90 Å². The Labute approximate surface area is 189 Å². The van der Waals surface area contributed by atoms with Crippen molar-refractivity contribution in [3.8, 4) is 0 Å². The van der Waals surface area contributed by atoms with E-state index in [1.54, 1.807) is 12.1 Å². The van der Waals surface area contributed by atoms with E-state index in [1.807, 2.05) is 19.0 Å². The molecule has 0 atom stereocenters. The van der Waals surface area contributed by atoms with Gasteiger partial charge in [0.25, 0.3) is 5.91 Å². The lowest BCUT2D eigenvalue weighted by molar-refractivity contribution is 0.0981. The molecule has 0 unspecified atom stereocenters. The van der Waals surface area contributed by atoms with Crippen molar-refractivity contribution in [2.45, 2.75) is 4.90 Å². The Morgan fingerprint density at radius 3 is 2.43 bits per heavy atom. The van der Waals surface area contributed by atoms with Crippen LogP contribution in [0.15, 0.2) is 41.3 Å². The summed E-state index contributed by atoms with van der Waals surface area (Å²) in [5.41, 5.74) is 0.0489. The highest BCUT2D eigenvalue weighted by atomic mass is 35.5. The number of sulfone groups is 1. The minimum absolute atomic E-state index is 0. The average molecular weight is 492 g/mol. The van der Waals surface area contributed by atoms with Crippen molar-refractivity contribution in [2.24, 2.45) is 0 Å². The van der Waals surface area contributed by atoms with Gasteiger partial charge in [-0.3, -0.25) is 9.69 Å². The first-order chi connectivity index (χ1) is 13.6. The highest BCUT2D eigenvalue weighted by molar-refractivity contribution is 7.91. The molecule has 0 aliphatic heterocycles. The van der Waals surface area contributed by atoms with E-state index >= 15 is 0 Å². The fourth-order valence-electron chi connectivity index (χ4n) is 2.75. The minimum atomic E-state index is -3.50. The molecule has 30 heavy (non-hydrogen) atoms. The number of fused-ring (bicyclic) bond motifs is 1. The number of amides is 1. The molecular weight excluding hydrogens is 472 g/mol. The molecule has 6 nitrogen and oxygen atoms in total. The summed E-state index contributed by atoms with van der Waals surface area (Å²) in [5, 5.41) is 0.282. The number of anilines is 1. The molecule has 0 bridgehead atoms. The van der Waals surface area contributed by atoms with Crippen molar-refractivity contribution in [1.29, 1.82) is 0 Å². The van der Waals surface area contributed by atoms with E-state index in [0.717, 1.165) is 6.26 Å². The first kappa shape index (κ1) is 24.5. The Kier molecular flexibility index (Phi) is 7.81. The van der Waals surface area contributed by atoms with E-state index in [2.05, 4.69) is 4.98 Å². The lowest BCUT2D eigenvalue weighted by atomic mass is 10.2. The van der Waals surface area contributed by atoms with Gasteiger partial charge in [0.15, 0.2) is 15.0 Å². The second kappa shape index (κ2) is 9.57. The van der Waals surface area contributed by atoms with E-state index < -0.39 is 21.6 Å². The van der Waals surface area contributed by atoms with Crippen LogP contribution >= 0.6 is 35.3 Å². The summed E-state index contributed by atoms with van der Waals surface area (Å²) in [4.78, 5) is 20.9. The van der Waals surface area contributed by atoms with Crippen LogP contribution in [0.5, 0.6) is 0 Å². The third kappa shape index (κ3) is 5.09. The molecule has 0 N–H and O–H groups in total. The van der Waals surface area contributed by atoms with Crippen LogP contribution < -0.4 is 4.90 Å². The molecule has 162 valence electrons. The standard InChI is InChI=1S/C19H19ClFN3O3S2.ClH/c1-23(2)10-11-24(18(25)16-12(20)6-4-7-13(16)21)19-22-17-14(28-19)8-5-9-15(17)29(3,26)27;/h4-9H,10-11H2,1-3H3;1H. The van der Waals surface area contributed by atoms with Crippen LogP contribution in [-0.2, 0) is 9.84 Å². The van der Waals surface area contributed by atoms with Gasteiger partial charge in [0.2, 0.25) is 0 Å². The van der Waals surface area contributed by atoms with E-state index in [4.69, 9.17) is 11.6 Å². The number of aromatic nitrogens is 1. The van der Waals surface area contributed by atoms with E-state index in [1.165, 1.54) is 40.5 Å². The van der Waals surface area contributed by atoms with Gasteiger partial charge in [0, 0.05) is 19.3 Å². The third-order valence-electron chi connectivity index (χ3n) is 4.19. The number of para-hydroxylation sites is 1. The second-order valence-electron chi connectivity index (χ2n) is 6.73. The van der Waals surface area contributed by atoms with Gasteiger partial charge in [-0.05, 0) is 38.4 Å². The number of hydrogen-bond acceptors (Lipinski definition) is 6. The molecule has 0 radical (unpaired) electrons. The largest absolute Gasteiger partial charge is 0.308 e. The number of carbonyl (C=O) groups is 1. The summed E-state index contributed by atoms with van der Waals surface area (Å²) in [7, 11) is 0.190. The Morgan fingerprint density at radius 2 is 1.83 bits per heavy atom. The number of likely N-dealkylation sites (N-methyl/N-ethyl adjacent to an activating group) is 1. The van der Waals surface area contributed by atoms with Gasteiger partial charge >= 0.3 is 0 Å².